The SMILES string of the molecule is COc1ccc(NCNc2ccc(C)cc2)cc1. The van der Waals surface area contributed by atoms with Gasteiger partial charge in [0.05, 0.1) is 13.8 Å². The first-order chi connectivity index (χ1) is 8.78. The highest BCUT2D eigenvalue weighted by Crippen LogP contribution is 2.15. The molecule has 0 aliphatic heterocycles. The van der Waals surface area contributed by atoms with Crippen molar-refractivity contribution in [1.82, 2.24) is 0 Å². The molecule has 0 amide bonds. The topological polar surface area (TPSA) is 33.3 Å². The molecule has 0 saturated carbocycles. The molecular weight excluding hydrogens is 224 g/mol. The number of aryl methyl sites for hydroxylation is 1. The molecule has 0 fully saturated rings. The van der Waals surface area contributed by atoms with Crippen LogP contribution in [0.3, 0.4) is 0 Å². The first-order valence-electron chi connectivity index (χ1n) is 5.96. The Hall–Kier alpha value is -2.16. The van der Waals surface area contributed by atoms with Crippen molar-refractivity contribution in [3.05, 3.63) is 54.1 Å². The van der Waals surface area contributed by atoms with Crippen molar-refractivity contribution in [2.24, 2.45) is 0 Å². The predicted molar refractivity (Wildman–Crippen MR) is 76.3 cm³/mol. The molecule has 0 unspecified atom stereocenters. The Balaban J connectivity index is 1.82. The fraction of sp³-hybridized carbons (Fsp3) is 0.200. The van der Waals surface area contributed by atoms with Gasteiger partial charge in [-0.05, 0) is 43.3 Å². The monoisotopic (exact) mass is 242 g/mol. The zero-order valence-electron chi connectivity index (χ0n) is 10.7. The van der Waals surface area contributed by atoms with Gasteiger partial charge in [-0.3, -0.25) is 0 Å². The lowest BCUT2D eigenvalue weighted by Gasteiger charge is -2.10. The highest BCUT2D eigenvalue weighted by molar-refractivity contribution is 5.49. The lowest BCUT2D eigenvalue weighted by atomic mass is 10.2. The van der Waals surface area contributed by atoms with Crippen LogP contribution in [0.15, 0.2) is 48.5 Å². The Morgan fingerprint density at radius 3 is 1.83 bits per heavy atom. The number of hydrogen-bond acceptors (Lipinski definition) is 3. The largest absolute Gasteiger partial charge is 0.497 e. The van der Waals surface area contributed by atoms with Crippen LogP contribution in [0.25, 0.3) is 0 Å². The van der Waals surface area contributed by atoms with E-state index in [1.807, 2.05) is 24.3 Å². The van der Waals surface area contributed by atoms with Gasteiger partial charge >= 0.3 is 0 Å². The summed E-state index contributed by atoms with van der Waals surface area (Å²) in [5, 5.41) is 6.60. The highest BCUT2D eigenvalue weighted by atomic mass is 16.5. The van der Waals surface area contributed by atoms with Gasteiger partial charge in [0.1, 0.15) is 5.75 Å². The number of rotatable bonds is 5. The molecule has 18 heavy (non-hydrogen) atoms. The van der Waals surface area contributed by atoms with Crippen molar-refractivity contribution in [2.45, 2.75) is 6.92 Å². The van der Waals surface area contributed by atoms with Crippen molar-refractivity contribution in [1.29, 1.82) is 0 Å². The van der Waals surface area contributed by atoms with Gasteiger partial charge in [0, 0.05) is 11.4 Å². The first kappa shape index (κ1) is 12.3. The fourth-order valence-electron chi connectivity index (χ4n) is 1.63. The first-order valence-corrected chi connectivity index (χ1v) is 5.96. The zero-order valence-corrected chi connectivity index (χ0v) is 10.7. The maximum Gasteiger partial charge on any atom is 0.119 e. The van der Waals surface area contributed by atoms with Crippen molar-refractivity contribution < 1.29 is 4.74 Å². The molecule has 2 rings (SSSR count). The summed E-state index contributed by atoms with van der Waals surface area (Å²) in [6, 6.07) is 16.2. The summed E-state index contributed by atoms with van der Waals surface area (Å²) in [5.41, 5.74) is 3.45. The van der Waals surface area contributed by atoms with Crippen molar-refractivity contribution in [3.8, 4) is 5.75 Å². The Labute approximate surface area is 108 Å². The summed E-state index contributed by atoms with van der Waals surface area (Å²) >= 11 is 0. The Bertz CT molecular complexity index is 477. The lowest BCUT2D eigenvalue weighted by molar-refractivity contribution is 0.415. The molecule has 94 valence electrons. The minimum atomic E-state index is 0.690. The molecule has 0 aliphatic carbocycles. The van der Waals surface area contributed by atoms with Crippen LogP contribution in [-0.2, 0) is 0 Å². The molecule has 3 nitrogen and oxygen atoms in total. The third-order valence-corrected chi connectivity index (χ3v) is 2.73. The standard InChI is InChI=1S/C15H18N2O/c1-12-3-5-13(6-4-12)16-11-17-14-7-9-15(18-2)10-8-14/h3-10,16-17H,11H2,1-2H3. The van der Waals surface area contributed by atoms with Crippen LogP contribution in [0.2, 0.25) is 0 Å². The summed E-state index contributed by atoms with van der Waals surface area (Å²) in [6.45, 7) is 2.77. The van der Waals surface area contributed by atoms with E-state index in [0.717, 1.165) is 17.1 Å². The minimum absolute atomic E-state index is 0.690. The van der Waals surface area contributed by atoms with Crippen LogP contribution in [0, 0.1) is 6.92 Å². The second-order valence-corrected chi connectivity index (χ2v) is 4.12. The van der Waals surface area contributed by atoms with E-state index in [4.69, 9.17) is 4.74 Å². The van der Waals surface area contributed by atoms with E-state index in [2.05, 4.69) is 41.8 Å². The maximum absolute atomic E-state index is 5.11. The van der Waals surface area contributed by atoms with Crippen LogP contribution in [0.4, 0.5) is 11.4 Å². The molecule has 3 heteroatoms. The van der Waals surface area contributed by atoms with Gasteiger partial charge in [-0.15, -0.1) is 0 Å². The van der Waals surface area contributed by atoms with E-state index in [0.29, 0.717) is 6.67 Å². The molecule has 0 atom stereocenters. The van der Waals surface area contributed by atoms with Gasteiger partial charge < -0.3 is 15.4 Å². The molecule has 2 aromatic carbocycles. The molecule has 0 aromatic heterocycles. The summed E-state index contributed by atoms with van der Waals surface area (Å²) in [4.78, 5) is 0. The van der Waals surface area contributed by atoms with Gasteiger partial charge in [0.25, 0.3) is 0 Å². The van der Waals surface area contributed by atoms with Gasteiger partial charge in [-0.25, -0.2) is 0 Å². The number of hydrogen-bond donors (Lipinski definition) is 2. The van der Waals surface area contributed by atoms with Gasteiger partial charge in [-0.1, -0.05) is 17.7 Å². The molecule has 0 aliphatic rings. The summed E-state index contributed by atoms with van der Waals surface area (Å²) in [7, 11) is 1.67. The molecule has 2 N–H and O–H groups in total. The molecule has 0 saturated heterocycles. The predicted octanol–water partition coefficient (Wildman–Crippen LogP) is 3.49. The number of methoxy groups -OCH3 is 1. The maximum atomic E-state index is 5.11. The zero-order chi connectivity index (χ0) is 12.8. The number of nitrogens with one attached hydrogen (secondary N) is 2. The molecule has 2 aromatic rings. The van der Waals surface area contributed by atoms with Gasteiger partial charge in [0.2, 0.25) is 0 Å². The normalized spacial score (nSPS) is 9.89. The molecule has 0 spiro atoms. The lowest BCUT2D eigenvalue weighted by Crippen LogP contribution is -2.11. The highest BCUT2D eigenvalue weighted by Gasteiger charge is 1.94. The number of benzene rings is 2. The van der Waals surface area contributed by atoms with Gasteiger partial charge in [-0.2, -0.15) is 0 Å². The quantitative estimate of drug-likeness (QED) is 0.787. The van der Waals surface area contributed by atoms with Crippen molar-refractivity contribution in [2.75, 3.05) is 24.4 Å². The van der Waals surface area contributed by atoms with Crippen LogP contribution >= 0.6 is 0 Å². The van der Waals surface area contributed by atoms with Crippen molar-refractivity contribution >= 4 is 11.4 Å². The number of anilines is 2. The van der Waals surface area contributed by atoms with Crippen LogP contribution < -0.4 is 15.4 Å². The number of ether oxygens (including phenoxy) is 1. The van der Waals surface area contributed by atoms with Gasteiger partial charge in [0.15, 0.2) is 0 Å². The van der Waals surface area contributed by atoms with E-state index < -0.39 is 0 Å². The van der Waals surface area contributed by atoms with E-state index in [1.165, 1.54) is 5.56 Å². The Kier molecular flexibility index (Phi) is 4.07. The molecular formula is C15H18N2O. The second-order valence-electron chi connectivity index (χ2n) is 4.12. The van der Waals surface area contributed by atoms with Crippen LogP contribution in [0.5, 0.6) is 5.75 Å². The molecule has 0 radical (unpaired) electrons. The summed E-state index contributed by atoms with van der Waals surface area (Å²) in [6.07, 6.45) is 0. The molecule has 0 bridgehead atoms. The van der Waals surface area contributed by atoms with Crippen LogP contribution in [-0.4, -0.2) is 13.8 Å². The van der Waals surface area contributed by atoms with E-state index in [9.17, 15) is 0 Å². The third kappa shape index (κ3) is 3.42. The van der Waals surface area contributed by atoms with E-state index in [1.54, 1.807) is 7.11 Å². The fourth-order valence-corrected chi connectivity index (χ4v) is 1.63. The van der Waals surface area contributed by atoms with E-state index in [-0.39, 0.29) is 0 Å². The van der Waals surface area contributed by atoms with Crippen LogP contribution in [0.1, 0.15) is 5.56 Å². The second kappa shape index (κ2) is 5.96. The smallest absolute Gasteiger partial charge is 0.119 e. The molecule has 0 heterocycles. The van der Waals surface area contributed by atoms with Crippen molar-refractivity contribution in [3.63, 3.8) is 0 Å². The minimum Gasteiger partial charge on any atom is -0.497 e. The third-order valence-electron chi connectivity index (χ3n) is 2.73. The Morgan fingerprint density at radius 2 is 1.33 bits per heavy atom. The summed E-state index contributed by atoms with van der Waals surface area (Å²) in [5.74, 6) is 0.868. The Morgan fingerprint density at radius 1 is 0.833 bits per heavy atom. The average molecular weight is 242 g/mol. The summed E-state index contributed by atoms with van der Waals surface area (Å²) < 4.78 is 5.11. The van der Waals surface area contributed by atoms with E-state index >= 15 is 0 Å². The average Bonchev–Trinajstić information content (AvgIpc) is 2.42.